The second-order valence-electron chi connectivity index (χ2n) is 5.65. The summed E-state index contributed by atoms with van der Waals surface area (Å²) < 4.78 is 5.30. The van der Waals surface area contributed by atoms with Crippen molar-refractivity contribution < 1.29 is 19.7 Å². The van der Waals surface area contributed by atoms with E-state index in [1.165, 1.54) is 7.11 Å². The van der Waals surface area contributed by atoms with E-state index >= 15 is 0 Å². The van der Waals surface area contributed by atoms with Crippen LogP contribution in [0.5, 0.6) is 11.5 Å². The molecule has 0 aliphatic rings. The fourth-order valence-electron chi connectivity index (χ4n) is 2.39. The van der Waals surface area contributed by atoms with Crippen molar-refractivity contribution in [2.75, 3.05) is 7.11 Å². The maximum absolute atomic E-state index is 12.5. The van der Waals surface area contributed by atoms with Crippen molar-refractivity contribution in [3.63, 3.8) is 0 Å². The van der Waals surface area contributed by atoms with Crippen molar-refractivity contribution >= 4 is 43.7 Å². The van der Waals surface area contributed by atoms with Gasteiger partial charge in [-0.2, -0.15) is 0 Å². The predicted molar refractivity (Wildman–Crippen MR) is 88.9 cm³/mol. The molecule has 0 saturated carbocycles. The van der Waals surface area contributed by atoms with E-state index in [-0.39, 0.29) is 43.3 Å². The van der Waals surface area contributed by atoms with Gasteiger partial charge in [0, 0.05) is 0 Å². The van der Waals surface area contributed by atoms with Gasteiger partial charge in [0.25, 0.3) is 0 Å². The molecule has 5 heteroatoms. The number of unbranched alkanes of at least 4 members (excludes halogenated alkanes) is 2. The number of hydrogen-bond donors (Lipinski definition) is 0. The minimum Gasteiger partial charge on any atom is -0.872 e. The molecule has 0 atom stereocenters. The first-order chi connectivity index (χ1) is 10.4. The maximum Gasteiger partial charge on any atom is 2.00 e. The largest absolute Gasteiger partial charge is 2.00 e. The van der Waals surface area contributed by atoms with Gasteiger partial charge in [0.15, 0.2) is 0 Å². The van der Waals surface area contributed by atoms with Crippen LogP contribution in [-0.2, 0) is 12.8 Å². The monoisotopic (exact) mass is 344 g/mol. The average molecular weight is 344 g/mol. The van der Waals surface area contributed by atoms with Crippen LogP contribution in [0.15, 0.2) is 17.7 Å². The van der Waals surface area contributed by atoms with Gasteiger partial charge < -0.3 is 19.7 Å². The average Bonchev–Trinajstić information content (AvgIpc) is 2.45. The fraction of sp³-hybridized carbons (Fsp3) is 0.500. The Morgan fingerprint density at radius 2 is 1.96 bits per heavy atom. The number of rotatable bonds is 8. The van der Waals surface area contributed by atoms with E-state index < -0.39 is 11.7 Å². The molecular weight excluding hydrogens is 320 g/mol. The molecule has 0 N–H and O–H groups in total. The molecular formula is C18H24CaO4. The molecule has 0 aliphatic carbocycles. The van der Waals surface area contributed by atoms with Gasteiger partial charge in [-0.1, -0.05) is 37.2 Å². The molecule has 23 heavy (non-hydrogen) atoms. The van der Waals surface area contributed by atoms with Crippen molar-refractivity contribution in [1.82, 2.24) is 0 Å². The van der Waals surface area contributed by atoms with Crippen molar-refractivity contribution in [3.8, 4) is 11.5 Å². The van der Waals surface area contributed by atoms with Crippen LogP contribution in [0.2, 0.25) is 0 Å². The predicted octanol–water partition coefficient (Wildman–Crippen LogP) is 1.99. The molecule has 122 valence electrons. The summed E-state index contributed by atoms with van der Waals surface area (Å²) in [4.78, 5) is 11.4. The molecule has 0 bridgehead atoms. The van der Waals surface area contributed by atoms with Crippen LogP contribution in [0.25, 0.3) is 0 Å². The number of allylic oxidation sites excluding steroid dienone is 2. The normalized spacial score (nSPS) is 9.91. The van der Waals surface area contributed by atoms with Crippen LogP contribution in [0, 0.1) is 0 Å². The zero-order valence-corrected chi connectivity index (χ0v) is 16.7. The Morgan fingerprint density at radius 3 is 2.43 bits per heavy atom. The third-order valence-corrected chi connectivity index (χ3v) is 3.61. The van der Waals surface area contributed by atoms with E-state index in [0.717, 1.165) is 24.8 Å². The Balaban J connectivity index is 0.00000484. The summed E-state index contributed by atoms with van der Waals surface area (Å²) in [6.07, 6.45) is 5.65. The molecule has 0 amide bonds. The first kappa shape index (κ1) is 22.3. The molecule has 0 spiro atoms. The number of methoxy groups -OCH3 is 1. The number of carbonyl (C=O) groups is 1. The number of aromatic carboxylic acids is 1. The van der Waals surface area contributed by atoms with Gasteiger partial charge in [-0.25, -0.2) is 0 Å². The topological polar surface area (TPSA) is 72.4 Å². The quantitative estimate of drug-likeness (QED) is 0.411. The Hall–Kier alpha value is -0.710. The Bertz CT molecular complexity index is 561. The Kier molecular flexibility index (Phi) is 10.6. The number of benzene rings is 1. The first-order valence-corrected chi connectivity index (χ1v) is 7.66. The van der Waals surface area contributed by atoms with E-state index in [9.17, 15) is 15.0 Å². The summed E-state index contributed by atoms with van der Waals surface area (Å²) in [5.74, 6) is -1.43. The van der Waals surface area contributed by atoms with Crippen molar-refractivity contribution in [2.24, 2.45) is 0 Å². The van der Waals surface area contributed by atoms with Crippen molar-refractivity contribution in [1.29, 1.82) is 0 Å². The maximum atomic E-state index is 12.5. The van der Waals surface area contributed by atoms with Crippen LogP contribution in [0.1, 0.15) is 61.5 Å². The molecule has 0 saturated heterocycles. The Morgan fingerprint density at radius 1 is 1.30 bits per heavy atom. The van der Waals surface area contributed by atoms with Gasteiger partial charge in [-0.3, -0.25) is 0 Å². The first-order valence-electron chi connectivity index (χ1n) is 7.66. The van der Waals surface area contributed by atoms with Crippen LogP contribution in [-0.4, -0.2) is 50.8 Å². The van der Waals surface area contributed by atoms with Gasteiger partial charge in [0.2, 0.25) is 0 Å². The zero-order chi connectivity index (χ0) is 16.7. The minimum atomic E-state index is -1.40. The number of carboxylic acids is 1. The van der Waals surface area contributed by atoms with Crippen LogP contribution >= 0.6 is 0 Å². The minimum absolute atomic E-state index is 0. The summed E-state index contributed by atoms with van der Waals surface area (Å²) in [5.41, 5.74) is 1.73. The van der Waals surface area contributed by atoms with Gasteiger partial charge in [0.1, 0.15) is 5.75 Å². The van der Waals surface area contributed by atoms with Gasteiger partial charge >= 0.3 is 37.7 Å². The van der Waals surface area contributed by atoms with E-state index in [4.69, 9.17) is 4.74 Å². The molecule has 1 aromatic rings. The molecule has 0 aromatic heterocycles. The summed E-state index contributed by atoms with van der Waals surface area (Å²) in [6, 6.07) is 1.68. The Labute approximate surface area is 168 Å². The molecule has 0 heterocycles. The van der Waals surface area contributed by atoms with E-state index in [2.05, 4.69) is 6.92 Å². The van der Waals surface area contributed by atoms with Gasteiger partial charge in [-0.05, 0) is 55.9 Å². The number of carboxylic acid groups (broad SMARTS) is 1. The van der Waals surface area contributed by atoms with Crippen LogP contribution < -0.4 is 14.9 Å². The fourth-order valence-corrected chi connectivity index (χ4v) is 2.39. The molecule has 1 aromatic carbocycles. The summed E-state index contributed by atoms with van der Waals surface area (Å²) in [6.45, 7) is 5.92. The molecule has 0 fully saturated rings. The number of carbonyl (C=O) groups excluding carboxylic acids is 1. The summed E-state index contributed by atoms with van der Waals surface area (Å²) in [7, 11) is 1.50. The smallest absolute Gasteiger partial charge is 0.872 e. The van der Waals surface area contributed by atoms with Gasteiger partial charge in [0.05, 0.1) is 13.1 Å². The second-order valence-corrected chi connectivity index (χ2v) is 5.65. The standard InChI is InChI=1S/C18H26O4.Ca/c1-5-6-7-8-13-11-15(22-4)14(10-9-12(2)3)17(19)16(13)18(20)21;/h9,11,19H,5-8,10H2,1-4H3,(H,20,21);/q;+2/p-2. The van der Waals surface area contributed by atoms with Crippen molar-refractivity contribution in [2.45, 2.75) is 52.9 Å². The SMILES string of the molecule is CCCCCc1cc(OC)c(CC=C(C)C)c([O-])c1C(=O)[O-].[Ca+2]. The zero-order valence-electron chi connectivity index (χ0n) is 14.5. The third-order valence-electron chi connectivity index (χ3n) is 3.61. The number of hydrogen-bond acceptors (Lipinski definition) is 4. The molecule has 1 rings (SSSR count). The van der Waals surface area contributed by atoms with Crippen molar-refractivity contribution in [3.05, 3.63) is 34.4 Å². The van der Waals surface area contributed by atoms with Gasteiger partial charge in [-0.15, -0.1) is 0 Å². The van der Waals surface area contributed by atoms with E-state index in [1.54, 1.807) is 6.07 Å². The molecule has 0 unspecified atom stereocenters. The van der Waals surface area contributed by atoms with E-state index in [1.807, 2.05) is 19.9 Å². The summed E-state index contributed by atoms with van der Waals surface area (Å²) in [5, 5.41) is 23.9. The third kappa shape index (κ3) is 6.36. The van der Waals surface area contributed by atoms with Crippen LogP contribution in [0.4, 0.5) is 0 Å². The second kappa shape index (κ2) is 11.0. The molecule has 4 nitrogen and oxygen atoms in total. The van der Waals surface area contributed by atoms with Crippen LogP contribution in [0.3, 0.4) is 0 Å². The number of ether oxygens (including phenoxy) is 1. The number of aryl methyl sites for hydroxylation is 1. The molecule has 0 aliphatic heterocycles. The van der Waals surface area contributed by atoms with E-state index in [0.29, 0.717) is 29.7 Å². The summed E-state index contributed by atoms with van der Waals surface area (Å²) >= 11 is 0. The molecule has 0 radical (unpaired) electrons.